The van der Waals surface area contributed by atoms with Crippen LogP contribution in [-0.2, 0) is 14.3 Å². The van der Waals surface area contributed by atoms with Gasteiger partial charge in [-0.2, -0.15) is 11.8 Å². The van der Waals surface area contributed by atoms with Gasteiger partial charge in [-0.05, 0) is 37.4 Å². The molecule has 1 unspecified atom stereocenters. The minimum Gasteiger partial charge on any atom is -0.469 e. The predicted octanol–water partition coefficient (Wildman–Crippen LogP) is 6.10. The van der Waals surface area contributed by atoms with Gasteiger partial charge in [-0.25, -0.2) is 0 Å². The second-order valence-corrected chi connectivity index (χ2v) is 9.94. The Hall–Kier alpha value is -0.810. The van der Waals surface area contributed by atoms with E-state index in [2.05, 4.69) is 24.7 Å². The molecule has 0 amide bonds. The Bertz CT molecular complexity index is 505. The predicted molar refractivity (Wildman–Crippen MR) is 127 cm³/mol. The summed E-state index contributed by atoms with van der Waals surface area (Å²) in [6.45, 7) is 4.37. The Kier molecular flexibility index (Phi) is 15.3. The van der Waals surface area contributed by atoms with E-state index in [-0.39, 0.29) is 17.8 Å². The Labute approximate surface area is 188 Å². The van der Waals surface area contributed by atoms with Gasteiger partial charge in [0.1, 0.15) is 5.78 Å². The molecule has 0 spiro atoms. The number of Topliss-reactive ketones (excluding diaryl/α,β-unsaturated/α-hetero) is 1. The van der Waals surface area contributed by atoms with Crippen molar-refractivity contribution in [2.24, 2.45) is 11.8 Å². The number of unbranched alkanes of at least 4 members (excludes halogenated alkanes) is 6. The number of hydrogen-bond donors (Lipinski definition) is 1. The quantitative estimate of drug-likeness (QED) is 0.168. The van der Waals surface area contributed by atoms with Crippen LogP contribution in [0.25, 0.3) is 0 Å². The highest BCUT2D eigenvalue weighted by Gasteiger charge is 2.40. The van der Waals surface area contributed by atoms with Crippen molar-refractivity contribution in [2.45, 2.75) is 109 Å². The maximum absolute atomic E-state index is 12.8. The van der Waals surface area contributed by atoms with Gasteiger partial charge in [0.05, 0.1) is 13.2 Å². The highest BCUT2D eigenvalue weighted by atomic mass is 32.2. The first-order valence-electron chi connectivity index (χ1n) is 12.1. The smallest absolute Gasteiger partial charge is 0.305 e. The summed E-state index contributed by atoms with van der Waals surface area (Å²) < 4.78 is 4.68. The van der Waals surface area contributed by atoms with Crippen LogP contribution in [0.4, 0.5) is 0 Å². The van der Waals surface area contributed by atoms with Crippen LogP contribution in [-0.4, -0.2) is 41.1 Å². The number of carbonyl (C=O) groups excluding carboxylic acids is 2. The van der Waals surface area contributed by atoms with Crippen molar-refractivity contribution in [3.05, 3.63) is 12.2 Å². The van der Waals surface area contributed by atoms with Crippen LogP contribution < -0.4 is 0 Å². The summed E-state index contributed by atoms with van der Waals surface area (Å²) in [7, 11) is 1.43. The van der Waals surface area contributed by atoms with E-state index in [1.54, 1.807) is 0 Å². The van der Waals surface area contributed by atoms with Gasteiger partial charge in [-0.3, -0.25) is 9.59 Å². The molecule has 0 radical (unpaired) electrons. The van der Waals surface area contributed by atoms with Gasteiger partial charge < -0.3 is 9.84 Å². The number of ketones is 1. The molecule has 1 N–H and O–H groups in total. The summed E-state index contributed by atoms with van der Waals surface area (Å²) in [6, 6.07) is 0. The molecule has 0 heterocycles. The molecular formula is C25H44O4S. The number of esters is 1. The van der Waals surface area contributed by atoms with Gasteiger partial charge >= 0.3 is 5.97 Å². The van der Waals surface area contributed by atoms with Crippen LogP contribution >= 0.6 is 11.8 Å². The van der Waals surface area contributed by atoms with Crippen LogP contribution in [0.15, 0.2) is 12.2 Å². The zero-order valence-corrected chi connectivity index (χ0v) is 20.3. The molecule has 0 aromatic rings. The Morgan fingerprint density at radius 1 is 1.13 bits per heavy atom. The summed E-state index contributed by atoms with van der Waals surface area (Å²) in [5, 5.41) is 10.7. The number of carbonyl (C=O) groups is 2. The SMILES string of the molecule is CCCCC[C@H](O)/C=C/[C@H]1C(SCCCC)CC(=O)[C@@H]1CCCCCCC(=O)OC. The first kappa shape index (κ1) is 27.2. The third-order valence-electron chi connectivity index (χ3n) is 6.07. The number of hydrogen-bond acceptors (Lipinski definition) is 5. The molecule has 174 valence electrons. The molecule has 1 rings (SSSR count). The fourth-order valence-corrected chi connectivity index (χ4v) is 5.71. The summed E-state index contributed by atoms with van der Waals surface area (Å²) in [6.07, 6.45) is 16.3. The van der Waals surface area contributed by atoms with Crippen LogP contribution in [0.1, 0.15) is 97.3 Å². The van der Waals surface area contributed by atoms with E-state index < -0.39 is 6.10 Å². The van der Waals surface area contributed by atoms with Crippen LogP contribution in [0.2, 0.25) is 0 Å². The molecule has 1 aliphatic rings. The summed E-state index contributed by atoms with van der Waals surface area (Å²) in [4.78, 5) is 24.0. The van der Waals surface area contributed by atoms with Crippen molar-refractivity contribution in [3.63, 3.8) is 0 Å². The third kappa shape index (κ3) is 11.0. The lowest BCUT2D eigenvalue weighted by Gasteiger charge is -2.21. The fraction of sp³-hybridized carbons (Fsp3) is 0.840. The Morgan fingerprint density at radius 2 is 1.87 bits per heavy atom. The van der Waals surface area contributed by atoms with Gasteiger partial charge in [-0.15, -0.1) is 0 Å². The highest BCUT2D eigenvalue weighted by Crippen LogP contribution is 2.41. The van der Waals surface area contributed by atoms with Crippen LogP contribution in [0.5, 0.6) is 0 Å². The van der Waals surface area contributed by atoms with Crippen molar-refractivity contribution in [1.29, 1.82) is 0 Å². The second kappa shape index (κ2) is 16.8. The first-order valence-corrected chi connectivity index (χ1v) is 13.2. The number of ether oxygens (including phenoxy) is 1. The number of rotatable bonds is 17. The number of aliphatic hydroxyl groups is 1. The number of methoxy groups -OCH3 is 1. The average Bonchev–Trinajstić information content (AvgIpc) is 3.03. The Balaban J connectivity index is 2.56. The molecule has 1 aliphatic carbocycles. The van der Waals surface area contributed by atoms with Crippen molar-refractivity contribution >= 4 is 23.5 Å². The van der Waals surface area contributed by atoms with Gasteiger partial charge in [0.2, 0.25) is 0 Å². The molecule has 0 bridgehead atoms. The maximum Gasteiger partial charge on any atom is 0.305 e. The van der Waals surface area contributed by atoms with E-state index in [9.17, 15) is 14.7 Å². The van der Waals surface area contributed by atoms with E-state index in [1.807, 2.05) is 17.8 Å². The van der Waals surface area contributed by atoms with Crippen LogP contribution in [0, 0.1) is 11.8 Å². The van der Waals surface area contributed by atoms with E-state index >= 15 is 0 Å². The molecule has 0 aliphatic heterocycles. The molecule has 4 atom stereocenters. The van der Waals surface area contributed by atoms with Crippen LogP contribution in [0.3, 0.4) is 0 Å². The zero-order valence-electron chi connectivity index (χ0n) is 19.4. The van der Waals surface area contributed by atoms with Crippen molar-refractivity contribution < 1.29 is 19.4 Å². The standard InChI is InChI=1S/C25H44O4S/c1-4-6-10-13-20(26)16-17-22-21(14-11-8-9-12-15-25(28)29-3)23(27)19-24(22)30-18-7-5-2/h16-17,20-22,24,26H,4-15,18-19H2,1-3H3/b17-16+/t20-,21+,22+,24?/m0/s1. The van der Waals surface area contributed by atoms with Crippen molar-refractivity contribution in [3.8, 4) is 0 Å². The molecule has 1 fully saturated rings. The first-order chi connectivity index (χ1) is 14.5. The second-order valence-electron chi connectivity index (χ2n) is 8.59. The molecule has 30 heavy (non-hydrogen) atoms. The van der Waals surface area contributed by atoms with Gasteiger partial charge in [0.25, 0.3) is 0 Å². The maximum atomic E-state index is 12.8. The summed E-state index contributed by atoms with van der Waals surface area (Å²) in [5.74, 6) is 1.70. The minimum atomic E-state index is -0.396. The molecule has 4 nitrogen and oxygen atoms in total. The van der Waals surface area contributed by atoms with E-state index in [0.717, 1.165) is 63.5 Å². The largest absolute Gasteiger partial charge is 0.469 e. The molecule has 5 heteroatoms. The average molecular weight is 441 g/mol. The minimum absolute atomic E-state index is 0.0869. The molecule has 0 aromatic heterocycles. The molecular weight excluding hydrogens is 396 g/mol. The highest BCUT2D eigenvalue weighted by molar-refractivity contribution is 7.99. The number of allylic oxidation sites excluding steroid dienone is 1. The summed E-state index contributed by atoms with van der Waals surface area (Å²) in [5.41, 5.74) is 0. The molecule has 0 aromatic carbocycles. The fourth-order valence-electron chi connectivity index (χ4n) is 4.17. The lowest BCUT2D eigenvalue weighted by Crippen LogP contribution is -2.18. The monoisotopic (exact) mass is 440 g/mol. The van der Waals surface area contributed by atoms with Gasteiger partial charge in [-0.1, -0.05) is 70.9 Å². The van der Waals surface area contributed by atoms with Gasteiger partial charge in [0.15, 0.2) is 0 Å². The zero-order chi connectivity index (χ0) is 22.2. The number of aliphatic hydroxyl groups excluding tert-OH is 1. The number of thioether (sulfide) groups is 1. The van der Waals surface area contributed by atoms with E-state index in [0.29, 0.717) is 23.9 Å². The molecule has 1 saturated carbocycles. The van der Waals surface area contributed by atoms with E-state index in [1.165, 1.54) is 20.0 Å². The Morgan fingerprint density at radius 3 is 2.57 bits per heavy atom. The molecule has 0 saturated heterocycles. The summed E-state index contributed by atoms with van der Waals surface area (Å²) >= 11 is 1.95. The topological polar surface area (TPSA) is 63.6 Å². The lowest BCUT2D eigenvalue weighted by atomic mass is 9.89. The van der Waals surface area contributed by atoms with Gasteiger partial charge in [0, 0.05) is 24.0 Å². The van der Waals surface area contributed by atoms with Crippen molar-refractivity contribution in [1.82, 2.24) is 0 Å². The lowest BCUT2D eigenvalue weighted by molar-refractivity contribution is -0.140. The van der Waals surface area contributed by atoms with E-state index in [4.69, 9.17) is 0 Å². The normalized spacial score (nSPS) is 22.7. The third-order valence-corrected chi connectivity index (χ3v) is 7.51. The van der Waals surface area contributed by atoms with Crippen molar-refractivity contribution in [2.75, 3.05) is 12.9 Å².